The number of hydrogen-bond acceptors (Lipinski definition) is 2. The van der Waals surface area contributed by atoms with Crippen LogP contribution in [0.4, 0.5) is 0 Å². The molecule has 0 aliphatic heterocycles. The van der Waals surface area contributed by atoms with Crippen LogP contribution >= 0.6 is 11.6 Å². The summed E-state index contributed by atoms with van der Waals surface area (Å²) in [5.74, 6) is -0.0418. The zero-order valence-corrected chi connectivity index (χ0v) is 15.3. The molecule has 0 unspecified atom stereocenters. The Morgan fingerprint density at radius 1 is 1.12 bits per heavy atom. The van der Waals surface area contributed by atoms with Gasteiger partial charge in [0.05, 0.1) is 11.4 Å². The van der Waals surface area contributed by atoms with E-state index in [1.54, 1.807) is 11.9 Å². The van der Waals surface area contributed by atoms with Gasteiger partial charge in [0.1, 0.15) is 0 Å². The highest BCUT2D eigenvalue weighted by atomic mass is 35.5. The molecule has 0 saturated carbocycles. The third kappa shape index (κ3) is 3.74. The molecule has 1 aromatic heterocycles. The van der Waals surface area contributed by atoms with E-state index in [-0.39, 0.29) is 5.91 Å². The van der Waals surface area contributed by atoms with Crippen molar-refractivity contribution >= 4 is 17.5 Å². The second-order valence-corrected chi connectivity index (χ2v) is 6.55. The van der Waals surface area contributed by atoms with Crippen molar-refractivity contribution in [1.82, 2.24) is 14.7 Å². The molecule has 3 rings (SSSR count). The standard InChI is InChI=1S/C20H20ClN3O/c1-14-12-15(2)24(22-14)18-10-8-16(9-11-18)20(25)23(3)13-17-6-4-5-7-19(17)21/h4-12H,13H2,1-3H3. The molecule has 2 aromatic carbocycles. The Bertz CT molecular complexity index is 900. The van der Waals surface area contributed by atoms with Gasteiger partial charge in [-0.3, -0.25) is 4.79 Å². The minimum Gasteiger partial charge on any atom is -0.337 e. The average molecular weight is 354 g/mol. The molecule has 25 heavy (non-hydrogen) atoms. The van der Waals surface area contributed by atoms with Gasteiger partial charge < -0.3 is 4.90 Å². The van der Waals surface area contributed by atoms with Gasteiger partial charge in [-0.2, -0.15) is 5.10 Å². The lowest BCUT2D eigenvalue weighted by Gasteiger charge is -2.18. The average Bonchev–Trinajstić information content (AvgIpc) is 2.94. The van der Waals surface area contributed by atoms with E-state index in [0.29, 0.717) is 17.1 Å². The van der Waals surface area contributed by atoms with Crippen LogP contribution < -0.4 is 0 Å². The molecule has 0 radical (unpaired) electrons. The van der Waals surface area contributed by atoms with Gasteiger partial charge in [-0.25, -0.2) is 4.68 Å². The second-order valence-electron chi connectivity index (χ2n) is 6.14. The molecular formula is C20H20ClN3O. The minimum atomic E-state index is -0.0418. The van der Waals surface area contributed by atoms with Crippen molar-refractivity contribution in [2.75, 3.05) is 7.05 Å². The topological polar surface area (TPSA) is 38.1 Å². The SMILES string of the molecule is Cc1cc(C)n(-c2ccc(C(=O)N(C)Cc3ccccc3Cl)cc2)n1. The molecule has 1 amide bonds. The smallest absolute Gasteiger partial charge is 0.253 e. The first-order valence-electron chi connectivity index (χ1n) is 8.08. The Balaban J connectivity index is 1.76. The number of aryl methyl sites for hydroxylation is 2. The monoisotopic (exact) mass is 353 g/mol. The quantitative estimate of drug-likeness (QED) is 0.696. The lowest BCUT2D eigenvalue weighted by molar-refractivity contribution is 0.0785. The van der Waals surface area contributed by atoms with Crippen molar-refractivity contribution in [3.05, 3.63) is 82.1 Å². The number of hydrogen-bond donors (Lipinski definition) is 0. The highest BCUT2D eigenvalue weighted by Crippen LogP contribution is 2.18. The number of aromatic nitrogens is 2. The van der Waals surface area contributed by atoms with Crippen molar-refractivity contribution in [3.8, 4) is 5.69 Å². The van der Waals surface area contributed by atoms with Crippen molar-refractivity contribution in [3.63, 3.8) is 0 Å². The zero-order chi connectivity index (χ0) is 18.0. The third-order valence-corrected chi connectivity index (χ3v) is 4.45. The van der Waals surface area contributed by atoms with Crippen molar-refractivity contribution < 1.29 is 4.79 Å². The number of rotatable bonds is 4. The Labute approximate surface area is 152 Å². The van der Waals surface area contributed by atoms with Crippen molar-refractivity contribution in [2.24, 2.45) is 0 Å². The fourth-order valence-corrected chi connectivity index (χ4v) is 3.01. The minimum absolute atomic E-state index is 0.0418. The molecule has 0 saturated heterocycles. The summed E-state index contributed by atoms with van der Waals surface area (Å²) in [6, 6.07) is 17.1. The summed E-state index contributed by atoms with van der Waals surface area (Å²) in [5, 5.41) is 5.13. The first kappa shape index (κ1) is 17.2. The van der Waals surface area contributed by atoms with Crippen molar-refractivity contribution in [2.45, 2.75) is 20.4 Å². The van der Waals surface area contributed by atoms with Crippen LogP contribution in [0, 0.1) is 13.8 Å². The number of halogens is 1. The maximum atomic E-state index is 12.6. The van der Waals surface area contributed by atoms with E-state index in [9.17, 15) is 4.79 Å². The van der Waals surface area contributed by atoms with Crippen molar-refractivity contribution in [1.29, 1.82) is 0 Å². The van der Waals surface area contributed by atoms with Crippen LogP contribution in [0.15, 0.2) is 54.6 Å². The molecule has 5 heteroatoms. The third-order valence-electron chi connectivity index (χ3n) is 4.08. The van der Waals surface area contributed by atoms with Crippen LogP contribution in [-0.2, 0) is 6.54 Å². The molecular weight excluding hydrogens is 334 g/mol. The normalized spacial score (nSPS) is 10.7. The van der Waals surface area contributed by atoms with E-state index in [1.807, 2.05) is 73.1 Å². The summed E-state index contributed by atoms with van der Waals surface area (Å²) in [5.41, 5.74) is 4.54. The van der Waals surface area contributed by atoms with Gasteiger partial charge in [0.25, 0.3) is 5.91 Å². The number of carbonyl (C=O) groups is 1. The van der Waals surface area contributed by atoms with Gasteiger partial charge in [-0.1, -0.05) is 29.8 Å². The van der Waals surface area contributed by atoms with Crippen LogP contribution in [0.25, 0.3) is 5.69 Å². The fourth-order valence-electron chi connectivity index (χ4n) is 2.81. The second kappa shape index (κ2) is 7.11. The fraction of sp³-hybridized carbons (Fsp3) is 0.200. The maximum Gasteiger partial charge on any atom is 0.253 e. The summed E-state index contributed by atoms with van der Waals surface area (Å²) in [4.78, 5) is 14.3. The number of carbonyl (C=O) groups excluding carboxylic acids is 1. The molecule has 128 valence electrons. The van der Waals surface area contributed by atoms with Crippen LogP contribution in [0.5, 0.6) is 0 Å². The Morgan fingerprint density at radius 2 is 1.80 bits per heavy atom. The van der Waals surface area contributed by atoms with E-state index in [0.717, 1.165) is 22.6 Å². The van der Waals surface area contributed by atoms with E-state index < -0.39 is 0 Å². The van der Waals surface area contributed by atoms with E-state index >= 15 is 0 Å². The van der Waals surface area contributed by atoms with Crippen LogP contribution in [0.3, 0.4) is 0 Å². The van der Waals surface area contributed by atoms with Crippen LogP contribution in [0.1, 0.15) is 27.3 Å². The molecule has 3 aromatic rings. The molecule has 1 heterocycles. The Kier molecular flexibility index (Phi) is 4.91. The van der Waals surface area contributed by atoms with Gasteiger partial charge in [0.15, 0.2) is 0 Å². The van der Waals surface area contributed by atoms with Gasteiger partial charge in [0, 0.05) is 29.9 Å². The molecule has 0 fully saturated rings. The van der Waals surface area contributed by atoms with Crippen LogP contribution in [0.2, 0.25) is 5.02 Å². The van der Waals surface area contributed by atoms with Gasteiger partial charge in [0.2, 0.25) is 0 Å². The Morgan fingerprint density at radius 3 is 2.40 bits per heavy atom. The summed E-state index contributed by atoms with van der Waals surface area (Å²) < 4.78 is 1.87. The lowest BCUT2D eigenvalue weighted by atomic mass is 10.1. The molecule has 0 bridgehead atoms. The van der Waals surface area contributed by atoms with E-state index in [1.165, 1.54) is 0 Å². The predicted octanol–water partition coefficient (Wildman–Crippen LogP) is 4.41. The molecule has 4 nitrogen and oxygen atoms in total. The predicted molar refractivity (Wildman–Crippen MR) is 100 cm³/mol. The first-order chi connectivity index (χ1) is 12.0. The van der Waals surface area contributed by atoms with Gasteiger partial charge >= 0.3 is 0 Å². The highest BCUT2D eigenvalue weighted by molar-refractivity contribution is 6.31. The summed E-state index contributed by atoms with van der Waals surface area (Å²) in [6.45, 7) is 4.44. The Hall–Kier alpha value is -2.59. The number of nitrogens with zero attached hydrogens (tertiary/aromatic N) is 3. The highest BCUT2D eigenvalue weighted by Gasteiger charge is 2.14. The summed E-state index contributed by atoms with van der Waals surface area (Å²) >= 11 is 6.18. The summed E-state index contributed by atoms with van der Waals surface area (Å²) in [7, 11) is 1.78. The largest absolute Gasteiger partial charge is 0.337 e. The molecule has 0 N–H and O–H groups in total. The molecule has 0 atom stereocenters. The summed E-state index contributed by atoms with van der Waals surface area (Å²) in [6.07, 6.45) is 0. The van der Waals surface area contributed by atoms with Gasteiger partial charge in [-0.05, 0) is 55.8 Å². The zero-order valence-electron chi connectivity index (χ0n) is 14.5. The lowest BCUT2D eigenvalue weighted by Crippen LogP contribution is -2.26. The van der Waals surface area contributed by atoms with E-state index in [4.69, 9.17) is 11.6 Å². The first-order valence-corrected chi connectivity index (χ1v) is 8.46. The molecule has 0 aliphatic rings. The van der Waals surface area contributed by atoms with E-state index in [2.05, 4.69) is 5.10 Å². The van der Waals surface area contributed by atoms with Crippen LogP contribution in [-0.4, -0.2) is 27.6 Å². The van der Waals surface area contributed by atoms with Gasteiger partial charge in [-0.15, -0.1) is 0 Å². The maximum absolute atomic E-state index is 12.6. The molecule has 0 spiro atoms. The molecule has 0 aliphatic carbocycles. The number of benzene rings is 2. The number of amides is 1.